The van der Waals surface area contributed by atoms with Gasteiger partial charge in [-0.3, -0.25) is 0 Å². The van der Waals surface area contributed by atoms with Crippen molar-refractivity contribution in [2.24, 2.45) is 5.73 Å². The van der Waals surface area contributed by atoms with Gasteiger partial charge >= 0.3 is 0 Å². The lowest BCUT2D eigenvalue weighted by Gasteiger charge is -2.08. The van der Waals surface area contributed by atoms with Crippen molar-refractivity contribution in [1.82, 2.24) is 4.72 Å². The number of methoxy groups -OCH3 is 1. The molecule has 1 rings (SSSR count). The molecule has 1 aromatic rings. The van der Waals surface area contributed by atoms with E-state index in [1.165, 1.54) is 19.2 Å². The lowest BCUT2D eigenvalue weighted by Crippen LogP contribution is -2.29. The van der Waals surface area contributed by atoms with Crippen LogP contribution in [0.1, 0.15) is 0 Å². The molecule has 3 N–H and O–H groups in total. The molecule has 16 heavy (non-hydrogen) atoms. The summed E-state index contributed by atoms with van der Waals surface area (Å²) < 4.78 is 31.6. The molecule has 0 spiro atoms. The highest BCUT2D eigenvalue weighted by Crippen LogP contribution is 2.27. The molecule has 90 valence electrons. The molecule has 0 aliphatic heterocycles. The van der Waals surface area contributed by atoms with E-state index < -0.39 is 10.0 Å². The summed E-state index contributed by atoms with van der Waals surface area (Å²) in [4.78, 5) is 0.154. The minimum Gasteiger partial charge on any atom is -0.496 e. The van der Waals surface area contributed by atoms with Gasteiger partial charge < -0.3 is 10.5 Å². The molecule has 0 saturated heterocycles. The van der Waals surface area contributed by atoms with E-state index in [1.54, 1.807) is 6.07 Å². The first-order valence-corrected chi connectivity index (χ1v) is 6.82. The molecule has 1 aromatic carbocycles. The summed E-state index contributed by atoms with van der Waals surface area (Å²) in [6.45, 7) is 0.466. The van der Waals surface area contributed by atoms with Crippen LogP contribution >= 0.6 is 15.9 Å². The van der Waals surface area contributed by atoms with E-state index in [-0.39, 0.29) is 18.0 Å². The molecule has 0 aliphatic rings. The number of benzene rings is 1. The van der Waals surface area contributed by atoms with Crippen LogP contribution in [-0.2, 0) is 10.0 Å². The van der Waals surface area contributed by atoms with Crippen molar-refractivity contribution in [2.75, 3.05) is 20.2 Å². The van der Waals surface area contributed by atoms with Gasteiger partial charge in [-0.15, -0.1) is 0 Å². The quantitative estimate of drug-likeness (QED) is 0.839. The van der Waals surface area contributed by atoms with E-state index in [0.29, 0.717) is 10.2 Å². The molecule has 0 heterocycles. The fourth-order valence-corrected chi connectivity index (χ4v) is 2.56. The average Bonchev–Trinajstić information content (AvgIpc) is 2.27. The highest BCUT2D eigenvalue weighted by molar-refractivity contribution is 9.10. The summed E-state index contributed by atoms with van der Waals surface area (Å²) in [5.74, 6) is 0.468. The van der Waals surface area contributed by atoms with E-state index in [2.05, 4.69) is 20.7 Å². The van der Waals surface area contributed by atoms with Crippen LogP contribution in [0.5, 0.6) is 5.75 Å². The second-order valence-electron chi connectivity index (χ2n) is 2.98. The lowest BCUT2D eigenvalue weighted by atomic mass is 10.3. The molecule has 0 unspecified atom stereocenters. The van der Waals surface area contributed by atoms with E-state index in [9.17, 15) is 8.42 Å². The standard InChI is InChI=1S/C9H13BrN2O3S/c1-15-9-6-7(2-3-8(9)10)16(13,14)12-5-4-11/h2-3,6,12H,4-5,11H2,1H3. The number of halogens is 1. The maximum Gasteiger partial charge on any atom is 0.240 e. The lowest BCUT2D eigenvalue weighted by molar-refractivity contribution is 0.410. The number of hydrogen-bond donors (Lipinski definition) is 2. The number of rotatable bonds is 5. The smallest absolute Gasteiger partial charge is 0.240 e. The molecule has 0 bridgehead atoms. The fourth-order valence-electron chi connectivity index (χ4n) is 1.08. The first-order chi connectivity index (χ1) is 7.51. The Morgan fingerprint density at radius 2 is 2.19 bits per heavy atom. The van der Waals surface area contributed by atoms with Crippen LogP contribution in [0.3, 0.4) is 0 Å². The van der Waals surface area contributed by atoms with Gasteiger partial charge in [0.15, 0.2) is 0 Å². The molecule has 0 amide bonds. The second kappa shape index (κ2) is 5.62. The van der Waals surface area contributed by atoms with Gasteiger partial charge in [0, 0.05) is 19.2 Å². The summed E-state index contributed by atoms with van der Waals surface area (Å²) in [6, 6.07) is 4.56. The molecular formula is C9H13BrN2O3S. The molecule has 0 atom stereocenters. The van der Waals surface area contributed by atoms with Gasteiger partial charge in [0.25, 0.3) is 0 Å². The van der Waals surface area contributed by atoms with Crippen molar-refractivity contribution in [3.05, 3.63) is 22.7 Å². The van der Waals surface area contributed by atoms with Crippen LogP contribution in [0.2, 0.25) is 0 Å². The Balaban J connectivity index is 3.04. The summed E-state index contributed by atoms with van der Waals surface area (Å²) in [6.07, 6.45) is 0. The topological polar surface area (TPSA) is 81.4 Å². The van der Waals surface area contributed by atoms with Crippen molar-refractivity contribution in [3.8, 4) is 5.75 Å². The van der Waals surface area contributed by atoms with Crippen LogP contribution < -0.4 is 15.2 Å². The Hall–Kier alpha value is -0.630. The average molecular weight is 309 g/mol. The van der Waals surface area contributed by atoms with Gasteiger partial charge in [0.1, 0.15) is 5.75 Å². The molecule has 0 aliphatic carbocycles. The van der Waals surface area contributed by atoms with Crippen molar-refractivity contribution in [1.29, 1.82) is 0 Å². The molecule has 0 aromatic heterocycles. The predicted molar refractivity (Wildman–Crippen MR) is 64.9 cm³/mol. The van der Waals surface area contributed by atoms with Gasteiger partial charge in [-0.05, 0) is 28.1 Å². The van der Waals surface area contributed by atoms with Crippen LogP contribution in [0.4, 0.5) is 0 Å². The second-order valence-corrected chi connectivity index (χ2v) is 5.60. The highest BCUT2D eigenvalue weighted by atomic mass is 79.9. The van der Waals surface area contributed by atoms with Crippen LogP contribution in [0, 0.1) is 0 Å². The Kier molecular flexibility index (Phi) is 4.72. The van der Waals surface area contributed by atoms with Crippen LogP contribution in [0.15, 0.2) is 27.6 Å². The Morgan fingerprint density at radius 1 is 1.50 bits per heavy atom. The van der Waals surface area contributed by atoms with Crippen molar-refractivity contribution < 1.29 is 13.2 Å². The molecule has 0 saturated carbocycles. The minimum atomic E-state index is -3.50. The van der Waals surface area contributed by atoms with E-state index >= 15 is 0 Å². The first-order valence-electron chi connectivity index (χ1n) is 4.54. The molecule has 7 heteroatoms. The Morgan fingerprint density at radius 3 is 2.75 bits per heavy atom. The molecule has 5 nitrogen and oxygen atoms in total. The number of hydrogen-bond acceptors (Lipinski definition) is 4. The van der Waals surface area contributed by atoms with Crippen molar-refractivity contribution in [3.63, 3.8) is 0 Å². The summed E-state index contributed by atoms with van der Waals surface area (Å²) in [7, 11) is -2.03. The van der Waals surface area contributed by atoms with Gasteiger partial charge in [0.05, 0.1) is 16.5 Å². The number of ether oxygens (including phenoxy) is 1. The van der Waals surface area contributed by atoms with Gasteiger partial charge in [-0.25, -0.2) is 13.1 Å². The SMILES string of the molecule is COc1cc(S(=O)(=O)NCCN)ccc1Br. The zero-order chi connectivity index (χ0) is 12.2. The highest BCUT2D eigenvalue weighted by Gasteiger charge is 2.14. The molecule has 0 radical (unpaired) electrons. The third-order valence-electron chi connectivity index (χ3n) is 1.87. The number of nitrogens with two attached hydrogens (primary N) is 1. The maximum atomic E-state index is 11.7. The normalized spacial score (nSPS) is 11.4. The van der Waals surface area contributed by atoms with E-state index in [1.807, 2.05) is 0 Å². The van der Waals surface area contributed by atoms with Gasteiger partial charge in [0.2, 0.25) is 10.0 Å². The fraction of sp³-hybridized carbons (Fsp3) is 0.333. The van der Waals surface area contributed by atoms with Gasteiger partial charge in [-0.2, -0.15) is 0 Å². The molecular weight excluding hydrogens is 296 g/mol. The van der Waals surface area contributed by atoms with Crippen molar-refractivity contribution >= 4 is 26.0 Å². The first kappa shape index (κ1) is 13.4. The van der Waals surface area contributed by atoms with E-state index in [4.69, 9.17) is 10.5 Å². The largest absolute Gasteiger partial charge is 0.496 e. The third-order valence-corrected chi connectivity index (χ3v) is 3.98. The Labute approximate surface area is 103 Å². The van der Waals surface area contributed by atoms with Gasteiger partial charge in [-0.1, -0.05) is 0 Å². The third kappa shape index (κ3) is 3.18. The number of nitrogens with one attached hydrogen (secondary N) is 1. The summed E-state index contributed by atoms with van der Waals surface area (Å²) in [5.41, 5.74) is 5.23. The number of sulfonamides is 1. The molecule has 0 fully saturated rings. The monoisotopic (exact) mass is 308 g/mol. The Bertz CT molecular complexity index is 462. The van der Waals surface area contributed by atoms with E-state index in [0.717, 1.165) is 0 Å². The predicted octanol–water partition coefficient (Wildman–Crippen LogP) is 0.695. The summed E-state index contributed by atoms with van der Waals surface area (Å²) in [5, 5.41) is 0. The zero-order valence-electron chi connectivity index (χ0n) is 8.73. The van der Waals surface area contributed by atoms with Crippen molar-refractivity contribution in [2.45, 2.75) is 4.90 Å². The maximum absolute atomic E-state index is 11.7. The summed E-state index contributed by atoms with van der Waals surface area (Å²) >= 11 is 3.25. The van der Waals surface area contributed by atoms with Crippen LogP contribution in [0.25, 0.3) is 0 Å². The van der Waals surface area contributed by atoms with Crippen LogP contribution in [-0.4, -0.2) is 28.6 Å². The minimum absolute atomic E-state index is 0.154. The zero-order valence-corrected chi connectivity index (χ0v) is 11.1.